The fraction of sp³-hybridized carbons (Fsp3) is 0.864. The highest BCUT2D eigenvalue weighted by atomic mass is 32.2. The fourth-order valence-electron chi connectivity index (χ4n) is 5.33. The van der Waals surface area contributed by atoms with Gasteiger partial charge in [0, 0.05) is 6.04 Å². The van der Waals surface area contributed by atoms with Crippen LogP contribution in [0.5, 0.6) is 0 Å². The topological polar surface area (TPSA) is 116 Å². The molecule has 2 bridgehead atoms. The van der Waals surface area contributed by atoms with E-state index in [1.54, 1.807) is 0 Å². The molecule has 1 unspecified atom stereocenters. The molecule has 6 atom stereocenters. The second-order valence-electron chi connectivity index (χ2n) is 9.81. The van der Waals surface area contributed by atoms with E-state index in [0.29, 0.717) is 25.3 Å². The van der Waals surface area contributed by atoms with Gasteiger partial charge in [0.15, 0.2) is 0 Å². The number of rotatable bonds is 13. The Morgan fingerprint density at radius 1 is 1.20 bits per heavy atom. The van der Waals surface area contributed by atoms with Crippen molar-refractivity contribution in [3.8, 4) is 0 Å². The largest absolute Gasteiger partial charge is 0.480 e. The minimum Gasteiger partial charge on any atom is -0.480 e. The Labute approximate surface area is 184 Å². The maximum atomic E-state index is 13.1. The first kappa shape index (κ1) is 25.3. The number of unbranched alkanes of at least 4 members (excludes halogenated alkanes) is 1. The van der Waals surface area contributed by atoms with Gasteiger partial charge in [-0.15, -0.1) is 0 Å². The molecule has 0 spiro atoms. The molecule has 7 nitrogen and oxygen atoms in total. The lowest BCUT2D eigenvalue weighted by Gasteiger charge is -2.40. The molecule has 0 aromatic rings. The van der Waals surface area contributed by atoms with Gasteiger partial charge < -0.3 is 16.2 Å². The first-order chi connectivity index (χ1) is 14.1. The van der Waals surface area contributed by atoms with Crippen molar-refractivity contribution < 1.29 is 14.7 Å². The molecule has 0 saturated heterocycles. The van der Waals surface area contributed by atoms with E-state index in [4.69, 9.17) is 5.73 Å². The first-order valence-corrected chi connectivity index (χ1v) is 12.8. The number of carboxylic acid groups (broad SMARTS) is 1. The third-order valence-electron chi connectivity index (χ3n) is 7.82. The van der Waals surface area contributed by atoms with E-state index in [1.165, 1.54) is 6.42 Å². The van der Waals surface area contributed by atoms with Crippen LogP contribution in [-0.2, 0) is 9.59 Å². The van der Waals surface area contributed by atoms with Gasteiger partial charge in [0.1, 0.15) is 6.04 Å². The molecular formula is C22H42N4O3S. The molecule has 2 fully saturated rings. The Balaban J connectivity index is 1.95. The minimum absolute atomic E-state index is 0.00406. The van der Waals surface area contributed by atoms with E-state index in [9.17, 15) is 14.7 Å². The molecular weight excluding hydrogens is 400 g/mol. The summed E-state index contributed by atoms with van der Waals surface area (Å²) in [6, 6.07) is -0.879. The number of nitrogens with one attached hydrogen (secondary N) is 3. The summed E-state index contributed by atoms with van der Waals surface area (Å²) in [5.41, 5.74) is 5.88. The molecule has 0 aromatic heterocycles. The van der Waals surface area contributed by atoms with Crippen molar-refractivity contribution in [3.05, 3.63) is 0 Å². The Morgan fingerprint density at radius 2 is 1.87 bits per heavy atom. The number of fused-ring (bicyclic) bond motifs is 2. The van der Waals surface area contributed by atoms with Crippen LogP contribution in [0.15, 0.2) is 0 Å². The predicted molar refractivity (Wildman–Crippen MR) is 125 cm³/mol. The number of carbonyl (C=O) groups excluding carboxylic acids is 1. The molecule has 174 valence electrons. The third kappa shape index (κ3) is 5.44. The van der Waals surface area contributed by atoms with Crippen molar-refractivity contribution in [2.75, 3.05) is 6.54 Å². The zero-order chi connectivity index (χ0) is 22.5. The SMILES string of the molecule is C=S(N[C@@H](CCCCN)C(=O)O)N[C@@H](CCC)C(=O)N[C@H]1C[C@H]2CC[C@]1(C)C2(C)C. The Bertz CT molecular complexity index is 642. The van der Waals surface area contributed by atoms with Crippen LogP contribution < -0.4 is 20.5 Å². The minimum atomic E-state index is -0.899. The number of hydrogen-bond donors (Lipinski definition) is 5. The summed E-state index contributed by atoms with van der Waals surface area (Å²) in [5.74, 6) is 3.81. The summed E-state index contributed by atoms with van der Waals surface area (Å²) in [7, 11) is -0.832. The highest BCUT2D eigenvalue weighted by Crippen LogP contribution is 2.65. The number of amides is 1. The third-order valence-corrected chi connectivity index (χ3v) is 8.96. The summed E-state index contributed by atoms with van der Waals surface area (Å²) < 4.78 is 6.30. The van der Waals surface area contributed by atoms with Crippen molar-refractivity contribution in [1.82, 2.24) is 14.8 Å². The lowest BCUT2D eigenvalue weighted by Crippen LogP contribution is -2.52. The van der Waals surface area contributed by atoms with Gasteiger partial charge in [-0.25, -0.2) is 9.44 Å². The van der Waals surface area contributed by atoms with E-state index in [2.05, 4.69) is 41.4 Å². The van der Waals surface area contributed by atoms with E-state index >= 15 is 0 Å². The Morgan fingerprint density at radius 3 is 2.37 bits per heavy atom. The van der Waals surface area contributed by atoms with Crippen molar-refractivity contribution >= 4 is 28.6 Å². The van der Waals surface area contributed by atoms with Crippen LogP contribution in [-0.4, -0.2) is 47.5 Å². The quantitative estimate of drug-likeness (QED) is 0.221. The molecule has 0 aliphatic heterocycles. The van der Waals surface area contributed by atoms with Crippen molar-refractivity contribution in [2.45, 2.75) is 97.2 Å². The molecule has 1 amide bonds. The smallest absolute Gasteiger partial charge is 0.321 e. The van der Waals surface area contributed by atoms with Gasteiger partial charge in [-0.05, 0) is 67.7 Å². The van der Waals surface area contributed by atoms with Crippen LogP contribution in [0.4, 0.5) is 0 Å². The highest BCUT2D eigenvalue weighted by Gasteiger charge is 2.61. The summed E-state index contributed by atoms with van der Waals surface area (Å²) in [6.45, 7) is 9.60. The lowest BCUT2D eigenvalue weighted by atomic mass is 9.69. The molecule has 8 heteroatoms. The van der Waals surface area contributed by atoms with E-state index in [1.807, 2.05) is 6.92 Å². The monoisotopic (exact) mass is 442 g/mol. The van der Waals surface area contributed by atoms with Gasteiger partial charge in [-0.3, -0.25) is 9.59 Å². The van der Waals surface area contributed by atoms with E-state index < -0.39 is 22.9 Å². The second kappa shape index (κ2) is 10.6. The van der Waals surface area contributed by atoms with Gasteiger partial charge in [0.2, 0.25) is 5.91 Å². The zero-order valence-corrected chi connectivity index (χ0v) is 19.9. The van der Waals surface area contributed by atoms with Crippen LogP contribution in [0.1, 0.15) is 79.1 Å². The van der Waals surface area contributed by atoms with Crippen molar-refractivity contribution in [2.24, 2.45) is 22.5 Å². The van der Waals surface area contributed by atoms with Crippen molar-refractivity contribution in [1.29, 1.82) is 0 Å². The van der Waals surface area contributed by atoms with Gasteiger partial charge >= 0.3 is 5.97 Å². The lowest BCUT2D eigenvalue weighted by molar-refractivity contribution is -0.139. The second-order valence-corrected chi connectivity index (χ2v) is 11.1. The molecule has 2 saturated carbocycles. The maximum Gasteiger partial charge on any atom is 0.321 e. The molecule has 6 N–H and O–H groups in total. The Hall–Kier alpha value is -0.960. The summed E-state index contributed by atoms with van der Waals surface area (Å²) in [6.07, 6.45) is 7.03. The molecule has 0 radical (unpaired) electrons. The number of nitrogens with two attached hydrogens (primary N) is 1. The summed E-state index contributed by atoms with van der Waals surface area (Å²) in [5, 5.41) is 12.8. The molecule has 2 rings (SSSR count). The predicted octanol–water partition coefficient (Wildman–Crippen LogP) is 2.78. The molecule has 0 aromatic carbocycles. The maximum absolute atomic E-state index is 13.1. The van der Waals surface area contributed by atoms with Gasteiger partial charge in [-0.2, -0.15) is 0 Å². The normalized spacial score (nSPS) is 30.0. The summed E-state index contributed by atoms with van der Waals surface area (Å²) in [4.78, 5) is 24.7. The average Bonchev–Trinajstić information content (AvgIpc) is 3.00. The fourth-order valence-corrected chi connectivity index (χ4v) is 6.53. The van der Waals surface area contributed by atoms with Crippen LogP contribution in [0.25, 0.3) is 0 Å². The Kier molecular flexibility index (Phi) is 8.92. The molecule has 0 heterocycles. The van der Waals surface area contributed by atoms with Crippen LogP contribution in [0.3, 0.4) is 0 Å². The van der Waals surface area contributed by atoms with Crippen molar-refractivity contribution in [3.63, 3.8) is 0 Å². The molecule has 2 aliphatic rings. The van der Waals surface area contributed by atoms with Crippen LogP contribution >= 0.6 is 10.9 Å². The average molecular weight is 443 g/mol. The number of carboxylic acids is 1. The molecule has 30 heavy (non-hydrogen) atoms. The number of hydrogen-bond acceptors (Lipinski definition) is 5. The first-order valence-electron chi connectivity index (χ1n) is 11.4. The van der Waals surface area contributed by atoms with Gasteiger partial charge in [0.05, 0.1) is 6.04 Å². The van der Waals surface area contributed by atoms with Crippen LogP contribution in [0.2, 0.25) is 0 Å². The number of aliphatic carboxylic acids is 1. The van der Waals surface area contributed by atoms with Gasteiger partial charge in [0.25, 0.3) is 0 Å². The van der Waals surface area contributed by atoms with E-state index in [0.717, 1.165) is 32.1 Å². The highest BCUT2D eigenvalue weighted by molar-refractivity contribution is 8.10. The number of carbonyl (C=O) groups is 2. The van der Waals surface area contributed by atoms with Gasteiger partial charge in [-0.1, -0.05) is 51.4 Å². The standard InChI is InChI=1S/C22H42N4O3S/c1-6-9-16(25-30(5)26-17(20(28)29)10-7-8-13-23)19(27)24-18-14-15-11-12-22(18,4)21(15,2)3/h15-18,25-26H,5-14,23H2,1-4H3,(H,24,27)(H,28,29)/t15-,16+,17+,18+,22+,30?/m1/s1. The molecule has 2 aliphatic carbocycles. The van der Waals surface area contributed by atoms with E-state index in [-0.39, 0.29) is 28.8 Å². The zero-order valence-electron chi connectivity index (χ0n) is 19.1. The van der Waals surface area contributed by atoms with Crippen LogP contribution in [0, 0.1) is 16.7 Å². The summed E-state index contributed by atoms with van der Waals surface area (Å²) >= 11 is 0.